The molecule has 21 heavy (non-hydrogen) atoms. The van der Waals surface area contributed by atoms with Gasteiger partial charge in [-0.05, 0) is 6.92 Å². The molecule has 2 rings (SSSR count). The van der Waals surface area contributed by atoms with Crippen LogP contribution in [-0.2, 0) is 11.2 Å². The second kappa shape index (κ2) is 6.27. The minimum atomic E-state index is -1.03. The van der Waals surface area contributed by atoms with Gasteiger partial charge in [0.05, 0.1) is 12.1 Å². The summed E-state index contributed by atoms with van der Waals surface area (Å²) in [4.78, 5) is 27.1. The molecule has 0 fully saturated rings. The van der Waals surface area contributed by atoms with Crippen molar-refractivity contribution in [2.24, 2.45) is 0 Å². The van der Waals surface area contributed by atoms with Gasteiger partial charge in [-0.25, -0.2) is 9.78 Å². The summed E-state index contributed by atoms with van der Waals surface area (Å²) >= 11 is 2.34. The Morgan fingerprint density at radius 1 is 1.29 bits per heavy atom. The van der Waals surface area contributed by atoms with Crippen molar-refractivity contribution >= 4 is 39.7 Å². The molecule has 0 spiro atoms. The maximum atomic E-state index is 11.9. The van der Waals surface area contributed by atoms with Gasteiger partial charge < -0.3 is 10.4 Å². The highest BCUT2D eigenvalue weighted by molar-refractivity contribution is 7.15. The van der Waals surface area contributed by atoms with E-state index in [1.54, 1.807) is 6.92 Å². The Morgan fingerprint density at radius 3 is 2.52 bits per heavy atom. The molecule has 0 aliphatic carbocycles. The number of carbonyl (C=O) groups excluding carboxylic acids is 1. The van der Waals surface area contributed by atoms with E-state index in [0.29, 0.717) is 15.8 Å². The van der Waals surface area contributed by atoms with E-state index < -0.39 is 5.97 Å². The number of anilines is 1. The van der Waals surface area contributed by atoms with Crippen LogP contribution in [-0.4, -0.2) is 32.2 Å². The third-order valence-electron chi connectivity index (χ3n) is 2.53. The molecule has 2 N–H and O–H groups in total. The lowest BCUT2D eigenvalue weighted by Gasteiger charge is -1.98. The first-order valence-corrected chi connectivity index (χ1v) is 7.83. The first-order valence-electron chi connectivity index (χ1n) is 6.19. The average Bonchev–Trinajstić information content (AvgIpc) is 2.96. The predicted octanol–water partition coefficient (Wildman–Crippen LogP) is 2.31. The molecule has 2 aromatic rings. The summed E-state index contributed by atoms with van der Waals surface area (Å²) in [6.45, 7) is 5.61. The predicted molar refractivity (Wildman–Crippen MR) is 80.1 cm³/mol. The van der Waals surface area contributed by atoms with Crippen molar-refractivity contribution in [2.75, 3.05) is 5.32 Å². The molecule has 0 aliphatic heterocycles. The summed E-state index contributed by atoms with van der Waals surface area (Å²) in [5.74, 6) is -1.05. The maximum absolute atomic E-state index is 11.9. The fraction of sp³-hybridized carbons (Fsp3) is 0.417. The van der Waals surface area contributed by atoms with E-state index in [-0.39, 0.29) is 23.1 Å². The van der Waals surface area contributed by atoms with E-state index in [0.717, 1.165) is 16.3 Å². The molecule has 0 saturated carbocycles. The zero-order chi connectivity index (χ0) is 15.6. The highest BCUT2D eigenvalue weighted by atomic mass is 32.1. The van der Waals surface area contributed by atoms with Crippen molar-refractivity contribution in [3.05, 3.63) is 20.6 Å². The quantitative estimate of drug-likeness (QED) is 0.873. The Morgan fingerprint density at radius 2 is 2.00 bits per heavy atom. The van der Waals surface area contributed by atoms with E-state index in [1.165, 1.54) is 11.3 Å². The zero-order valence-electron chi connectivity index (χ0n) is 11.7. The smallest absolute Gasteiger partial charge is 0.347 e. The summed E-state index contributed by atoms with van der Waals surface area (Å²) in [6.07, 6.45) is 0.0232. The molecular formula is C12H14N4O3S2. The Kier molecular flexibility index (Phi) is 4.63. The Bertz CT molecular complexity index is 678. The molecule has 2 aromatic heterocycles. The van der Waals surface area contributed by atoms with Crippen LogP contribution in [0.15, 0.2) is 0 Å². The van der Waals surface area contributed by atoms with Crippen molar-refractivity contribution in [2.45, 2.75) is 33.1 Å². The maximum Gasteiger partial charge on any atom is 0.347 e. The van der Waals surface area contributed by atoms with Crippen LogP contribution in [0.4, 0.5) is 5.13 Å². The van der Waals surface area contributed by atoms with Crippen molar-refractivity contribution in [3.8, 4) is 0 Å². The lowest BCUT2D eigenvalue weighted by Crippen LogP contribution is -2.14. The highest BCUT2D eigenvalue weighted by Crippen LogP contribution is 2.23. The molecule has 7 nitrogen and oxygen atoms in total. The highest BCUT2D eigenvalue weighted by Gasteiger charge is 2.17. The van der Waals surface area contributed by atoms with E-state index in [1.807, 2.05) is 13.8 Å². The van der Waals surface area contributed by atoms with Crippen molar-refractivity contribution < 1.29 is 14.7 Å². The number of nitrogens with zero attached hydrogens (tertiary/aromatic N) is 3. The molecule has 0 unspecified atom stereocenters. The van der Waals surface area contributed by atoms with E-state index in [2.05, 4.69) is 20.5 Å². The van der Waals surface area contributed by atoms with Gasteiger partial charge in [0, 0.05) is 5.92 Å². The number of carboxylic acid groups (broad SMARTS) is 1. The van der Waals surface area contributed by atoms with Gasteiger partial charge in [0.15, 0.2) is 0 Å². The van der Waals surface area contributed by atoms with Crippen LogP contribution in [0.3, 0.4) is 0 Å². The van der Waals surface area contributed by atoms with Gasteiger partial charge in [0.2, 0.25) is 11.0 Å². The van der Waals surface area contributed by atoms with Crippen molar-refractivity contribution in [1.29, 1.82) is 0 Å². The number of carboxylic acids is 1. The molecule has 0 radical (unpaired) electrons. The van der Waals surface area contributed by atoms with Crippen molar-refractivity contribution in [1.82, 2.24) is 15.2 Å². The summed E-state index contributed by atoms with van der Waals surface area (Å²) in [5.41, 5.74) is 0.424. The Balaban J connectivity index is 2.01. The lowest BCUT2D eigenvalue weighted by molar-refractivity contribution is -0.115. The monoisotopic (exact) mass is 326 g/mol. The number of aromatic nitrogens is 3. The first-order chi connectivity index (χ1) is 9.86. The summed E-state index contributed by atoms with van der Waals surface area (Å²) in [7, 11) is 0. The first kappa shape index (κ1) is 15.5. The molecule has 112 valence electrons. The molecule has 0 bridgehead atoms. The van der Waals surface area contributed by atoms with Crippen LogP contribution in [0.2, 0.25) is 0 Å². The van der Waals surface area contributed by atoms with Crippen LogP contribution in [0.25, 0.3) is 0 Å². The molecular weight excluding hydrogens is 312 g/mol. The van der Waals surface area contributed by atoms with Gasteiger partial charge in [-0.3, -0.25) is 4.79 Å². The van der Waals surface area contributed by atoms with Crippen LogP contribution in [0.1, 0.15) is 45.1 Å². The van der Waals surface area contributed by atoms with E-state index in [4.69, 9.17) is 5.11 Å². The van der Waals surface area contributed by atoms with Crippen LogP contribution >= 0.6 is 22.7 Å². The Hall–Kier alpha value is -1.87. The van der Waals surface area contributed by atoms with Gasteiger partial charge in [-0.2, -0.15) is 0 Å². The number of hydrogen-bond acceptors (Lipinski definition) is 7. The lowest BCUT2D eigenvalue weighted by atomic mass is 10.2. The fourth-order valence-electron chi connectivity index (χ4n) is 1.55. The summed E-state index contributed by atoms with van der Waals surface area (Å²) in [6, 6.07) is 0. The largest absolute Gasteiger partial charge is 0.477 e. The minimum Gasteiger partial charge on any atom is -0.477 e. The van der Waals surface area contributed by atoms with Crippen LogP contribution in [0, 0.1) is 6.92 Å². The number of aromatic carboxylic acids is 1. The van der Waals surface area contributed by atoms with Gasteiger partial charge in [0.25, 0.3) is 0 Å². The number of thiazole rings is 1. The van der Waals surface area contributed by atoms with Gasteiger partial charge in [0.1, 0.15) is 14.9 Å². The molecule has 2 heterocycles. The van der Waals surface area contributed by atoms with Crippen LogP contribution < -0.4 is 5.32 Å². The number of nitrogens with one attached hydrogen (secondary N) is 1. The third-order valence-corrected chi connectivity index (χ3v) is 4.81. The third kappa shape index (κ3) is 3.82. The SMILES string of the molecule is Cc1nc(CC(=O)Nc2nnc(C(C)C)s2)sc1C(=O)O. The van der Waals surface area contributed by atoms with Gasteiger partial charge in [-0.15, -0.1) is 21.5 Å². The number of hydrogen-bond donors (Lipinski definition) is 2. The molecule has 0 aromatic carbocycles. The topological polar surface area (TPSA) is 105 Å². The van der Waals surface area contributed by atoms with Crippen molar-refractivity contribution in [3.63, 3.8) is 0 Å². The second-order valence-electron chi connectivity index (χ2n) is 4.65. The number of carbonyl (C=O) groups is 2. The summed E-state index contributed by atoms with van der Waals surface area (Å²) < 4.78 is 0. The van der Waals surface area contributed by atoms with Crippen LogP contribution in [0.5, 0.6) is 0 Å². The molecule has 0 aliphatic rings. The average molecular weight is 326 g/mol. The standard InChI is InChI=1S/C12H14N4O3S2/c1-5(2)10-15-16-12(21-10)14-7(17)4-8-13-6(3)9(20-8)11(18)19/h5H,4H2,1-3H3,(H,18,19)(H,14,16,17). The minimum absolute atomic E-state index is 0.0232. The summed E-state index contributed by atoms with van der Waals surface area (Å²) in [5, 5.41) is 21.2. The van der Waals surface area contributed by atoms with E-state index in [9.17, 15) is 9.59 Å². The van der Waals surface area contributed by atoms with E-state index >= 15 is 0 Å². The molecule has 9 heteroatoms. The fourth-order valence-corrected chi connectivity index (χ4v) is 3.21. The Labute approximate surface area is 129 Å². The zero-order valence-corrected chi connectivity index (χ0v) is 13.3. The van der Waals surface area contributed by atoms with Gasteiger partial charge >= 0.3 is 5.97 Å². The number of rotatable bonds is 5. The normalized spacial score (nSPS) is 10.9. The second-order valence-corrected chi connectivity index (χ2v) is 6.75. The molecule has 1 amide bonds. The molecule has 0 atom stereocenters. The van der Waals surface area contributed by atoms with Gasteiger partial charge in [-0.1, -0.05) is 25.2 Å². The molecule has 0 saturated heterocycles. The number of amides is 1. The number of aryl methyl sites for hydroxylation is 1.